The number of quaternary nitrogens is 1. The normalized spacial score (nSPS) is 11.3. The van der Waals surface area contributed by atoms with Crippen molar-refractivity contribution in [2.45, 2.75) is 64.2 Å². The number of halogens is 1. The van der Waals surface area contributed by atoms with Crippen molar-refractivity contribution in [2.75, 3.05) is 34.3 Å². The van der Waals surface area contributed by atoms with Crippen LogP contribution in [0.5, 0.6) is 0 Å². The second-order valence-electron chi connectivity index (χ2n) is 6.27. The Labute approximate surface area is 125 Å². The molecule has 2 nitrogen and oxygen atoms in total. The standard InChI is InChI=1S/C15H34NO.BrH/c1-16(2,3)14-12-10-8-6-4-5-7-9-11-13-15-17;/h17H,4-15H2,1-3H3;1H/q+1;/p-1. The summed E-state index contributed by atoms with van der Waals surface area (Å²) >= 11 is 0. The van der Waals surface area contributed by atoms with E-state index in [9.17, 15) is 0 Å². The van der Waals surface area contributed by atoms with E-state index in [1.165, 1.54) is 64.3 Å². The van der Waals surface area contributed by atoms with Gasteiger partial charge in [-0.25, -0.2) is 0 Å². The molecule has 3 heteroatoms. The Kier molecular flexibility index (Phi) is 15.9. The number of aliphatic hydroxyl groups is 1. The predicted molar refractivity (Wildman–Crippen MR) is 76.2 cm³/mol. The van der Waals surface area contributed by atoms with Gasteiger partial charge in [-0.3, -0.25) is 0 Å². The molecule has 0 saturated heterocycles. The van der Waals surface area contributed by atoms with Crippen LogP contribution in [0.15, 0.2) is 0 Å². The van der Waals surface area contributed by atoms with Crippen LogP contribution < -0.4 is 17.0 Å². The average molecular weight is 324 g/mol. The molecule has 0 spiro atoms. The van der Waals surface area contributed by atoms with Crippen LogP contribution >= 0.6 is 0 Å². The van der Waals surface area contributed by atoms with Gasteiger partial charge in [0.15, 0.2) is 0 Å². The first-order valence-corrected chi connectivity index (χ1v) is 7.47. The molecule has 0 unspecified atom stereocenters. The zero-order chi connectivity index (χ0) is 13.0. The minimum absolute atomic E-state index is 0. The molecule has 112 valence electrons. The quantitative estimate of drug-likeness (QED) is 0.412. The summed E-state index contributed by atoms with van der Waals surface area (Å²) in [4.78, 5) is 0. The van der Waals surface area contributed by atoms with Gasteiger partial charge in [-0.1, -0.05) is 44.9 Å². The van der Waals surface area contributed by atoms with Crippen LogP contribution in [0.3, 0.4) is 0 Å². The molecule has 0 radical (unpaired) electrons. The summed E-state index contributed by atoms with van der Waals surface area (Å²) in [5.74, 6) is 0. The minimum Gasteiger partial charge on any atom is -1.00 e. The van der Waals surface area contributed by atoms with E-state index < -0.39 is 0 Å². The van der Waals surface area contributed by atoms with Crippen molar-refractivity contribution < 1.29 is 26.6 Å². The van der Waals surface area contributed by atoms with E-state index >= 15 is 0 Å². The van der Waals surface area contributed by atoms with Crippen LogP contribution in [-0.4, -0.2) is 43.9 Å². The molecule has 0 atom stereocenters. The third kappa shape index (κ3) is 18.8. The van der Waals surface area contributed by atoms with Gasteiger partial charge in [0.25, 0.3) is 0 Å². The highest BCUT2D eigenvalue weighted by atomic mass is 79.9. The number of aliphatic hydroxyl groups excluding tert-OH is 1. The van der Waals surface area contributed by atoms with Crippen molar-refractivity contribution in [3.05, 3.63) is 0 Å². The Morgan fingerprint density at radius 2 is 0.944 bits per heavy atom. The molecule has 0 rings (SSSR count). The minimum atomic E-state index is 0. The van der Waals surface area contributed by atoms with E-state index in [0.717, 1.165) is 10.9 Å². The van der Waals surface area contributed by atoms with Crippen LogP contribution in [0.25, 0.3) is 0 Å². The van der Waals surface area contributed by atoms with Crippen molar-refractivity contribution in [1.29, 1.82) is 0 Å². The maximum Gasteiger partial charge on any atom is 0.0780 e. The molecule has 0 fully saturated rings. The molecule has 1 N–H and O–H groups in total. The van der Waals surface area contributed by atoms with Crippen molar-refractivity contribution in [3.8, 4) is 0 Å². The Bertz CT molecular complexity index is 157. The third-order valence-corrected chi connectivity index (χ3v) is 3.24. The lowest BCUT2D eigenvalue weighted by atomic mass is 10.1. The van der Waals surface area contributed by atoms with E-state index in [4.69, 9.17) is 5.11 Å². The van der Waals surface area contributed by atoms with Gasteiger partial charge >= 0.3 is 0 Å². The average Bonchev–Trinajstić information content (AvgIpc) is 2.24. The van der Waals surface area contributed by atoms with Crippen molar-refractivity contribution >= 4 is 0 Å². The van der Waals surface area contributed by atoms with Gasteiger partial charge in [0.2, 0.25) is 0 Å². The first-order valence-electron chi connectivity index (χ1n) is 7.47. The van der Waals surface area contributed by atoms with Crippen molar-refractivity contribution in [1.82, 2.24) is 0 Å². The van der Waals surface area contributed by atoms with E-state index in [-0.39, 0.29) is 17.0 Å². The first-order chi connectivity index (χ1) is 8.06. The van der Waals surface area contributed by atoms with Gasteiger partial charge in [-0.15, -0.1) is 0 Å². The molecule has 0 aromatic heterocycles. The summed E-state index contributed by atoms with van der Waals surface area (Å²) in [7, 11) is 6.81. The van der Waals surface area contributed by atoms with Crippen molar-refractivity contribution in [2.24, 2.45) is 0 Å². The van der Waals surface area contributed by atoms with Crippen LogP contribution in [0.4, 0.5) is 0 Å². The monoisotopic (exact) mass is 323 g/mol. The first kappa shape index (κ1) is 20.7. The fourth-order valence-electron chi connectivity index (χ4n) is 2.11. The molecule has 0 amide bonds. The summed E-state index contributed by atoms with van der Waals surface area (Å²) in [6, 6.07) is 0. The predicted octanol–water partition coefficient (Wildman–Crippen LogP) is 0.590. The molecule has 0 aromatic rings. The van der Waals surface area contributed by atoms with E-state index in [0.29, 0.717) is 6.61 Å². The van der Waals surface area contributed by atoms with Gasteiger partial charge in [-0.2, -0.15) is 0 Å². The number of hydrogen-bond donors (Lipinski definition) is 1. The lowest BCUT2D eigenvalue weighted by Crippen LogP contribution is -3.00. The molecule has 0 heterocycles. The molecule has 0 saturated carbocycles. The third-order valence-electron chi connectivity index (χ3n) is 3.24. The summed E-state index contributed by atoms with van der Waals surface area (Å²) in [6.45, 7) is 1.67. The molecule has 0 aliphatic heterocycles. The second kappa shape index (κ2) is 13.8. The van der Waals surface area contributed by atoms with Crippen molar-refractivity contribution in [3.63, 3.8) is 0 Å². The van der Waals surface area contributed by atoms with Crippen LogP contribution in [0.2, 0.25) is 0 Å². The maximum atomic E-state index is 8.65. The lowest BCUT2D eigenvalue weighted by Gasteiger charge is -2.23. The number of rotatable bonds is 12. The van der Waals surface area contributed by atoms with Gasteiger partial charge < -0.3 is 26.6 Å². The lowest BCUT2D eigenvalue weighted by molar-refractivity contribution is -0.870. The molecular weight excluding hydrogens is 290 g/mol. The molecule has 0 bridgehead atoms. The highest BCUT2D eigenvalue weighted by molar-refractivity contribution is 4.47. The SMILES string of the molecule is C[N+](C)(C)CCCCCCCCCCCCO.[Br-]. The smallest absolute Gasteiger partial charge is 0.0780 e. The highest BCUT2D eigenvalue weighted by Gasteiger charge is 2.04. The largest absolute Gasteiger partial charge is 1.00 e. The zero-order valence-corrected chi connectivity index (χ0v) is 14.3. The van der Waals surface area contributed by atoms with Gasteiger partial charge in [-0.05, 0) is 19.3 Å². The molecule has 0 aromatic carbocycles. The van der Waals surface area contributed by atoms with Crippen LogP contribution in [0, 0.1) is 0 Å². The molecule has 0 aliphatic rings. The topological polar surface area (TPSA) is 20.2 Å². The number of unbranched alkanes of at least 4 members (excludes halogenated alkanes) is 9. The zero-order valence-electron chi connectivity index (χ0n) is 12.8. The number of hydrogen-bond acceptors (Lipinski definition) is 1. The highest BCUT2D eigenvalue weighted by Crippen LogP contribution is 2.11. The van der Waals surface area contributed by atoms with E-state index in [1.807, 2.05) is 0 Å². The van der Waals surface area contributed by atoms with Gasteiger partial charge in [0.1, 0.15) is 0 Å². The summed E-state index contributed by atoms with van der Waals surface area (Å²) in [5, 5.41) is 8.65. The van der Waals surface area contributed by atoms with E-state index in [2.05, 4.69) is 21.1 Å². The van der Waals surface area contributed by atoms with Gasteiger partial charge in [0, 0.05) is 6.61 Å². The molecular formula is C15H34BrNO. The Morgan fingerprint density at radius 3 is 1.28 bits per heavy atom. The fourth-order valence-corrected chi connectivity index (χ4v) is 2.11. The Balaban J connectivity index is 0. The second-order valence-corrected chi connectivity index (χ2v) is 6.27. The fraction of sp³-hybridized carbons (Fsp3) is 1.00. The number of nitrogens with zero attached hydrogens (tertiary/aromatic N) is 1. The van der Waals surface area contributed by atoms with Crippen LogP contribution in [0.1, 0.15) is 64.2 Å². The molecule has 18 heavy (non-hydrogen) atoms. The Hall–Kier alpha value is 0.400. The van der Waals surface area contributed by atoms with E-state index in [1.54, 1.807) is 0 Å². The maximum absolute atomic E-state index is 8.65. The summed E-state index contributed by atoms with van der Waals surface area (Å²) in [5.41, 5.74) is 0. The summed E-state index contributed by atoms with van der Waals surface area (Å²) < 4.78 is 1.10. The molecule has 0 aliphatic carbocycles. The van der Waals surface area contributed by atoms with Gasteiger partial charge in [0.05, 0.1) is 27.7 Å². The summed E-state index contributed by atoms with van der Waals surface area (Å²) in [6.07, 6.45) is 13.3. The Morgan fingerprint density at radius 1 is 0.611 bits per heavy atom. The van der Waals surface area contributed by atoms with Crippen LogP contribution in [-0.2, 0) is 0 Å².